The van der Waals surface area contributed by atoms with Gasteiger partial charge in [0, 0.05) is 17.7 Å². The largest absolute Gasteiger partial charge is 0.507 e. The van der Waals surface area contributed by atoms with Crippen LogP contribution in [0.1, 0.15) is 27.0 Å². The molecule has 160 valence electrons. The third-order valence-corrected chi connectivity index (χ3v) is 4.91. The summed E-state index contributed by atoms with van der Waals surface area (Å²) in [4.78, 5) is 12.9. The van der Waals surface area contributed by atoms with Gasteiger partial charge in [0.05, 0.1) is 0 Å². The molecule has 0 aliphatic carbocycles. The van der Waals surface area contributed by atoms with Crippen LogP contribution in [-0.4, -0.2) is 16.0 Å². The topological polar surface area (TPSA) is 76.0 Å². The number of carbonyl (C=O) groups excluding carboxylic acids is 1. The Bertz CT molecular complexity index is 1160. The Balaban J connectivity index is 1.44. The van der Waals surface area contributed by atoms with Gasteiger partial charge in [-0.15, -0.1) is 0 Å². The predicted molar refractivity (Wildman–Crippen MR) is 121 cm³/mol. The van der Waals surface area contributed by atoms with Gasteiger partial charge in [0.1, 0.15) is 41.8 Å². The minimum absolute atomic E-state index is 0.171. The quantitative estimate of drug-likeness (QED) is 0.365. The molecule has 0 atom stereocenters. The van der Waals surface area contributed by atoms with E-state index in [1.165, 1.54) is 12.1 Å². The summed E-state index contributed by atoms with van der Waals surface area (Å²) in [6.45, 7) is 0.692. The van der Waals surface area contributed by atoms with E-state index in [-0.39, 0.29) is 29.4 Å². The van der Waals surface area contributed by atoms with Crippen LogP contribution < -0.4 is 9.47 Å². The molecule has 0 aromatic heterocycles. The third kappa shape index (κ3) is 5.08. The highest BCUT2D eigenvalue weighted by atomic mass is 16.5. The van der Waals surface area contributed by atoms with Crippen molar-refractivity contribution >= 4 is 5.78 Å². The molecule has 0 saturated carbocycles. The van der Waals surface area contributed by atoms with Gasteiger partial charge < -0.3 is 19.7 Å². The van der Waals surface area contributed by atoms with Crippen molar-refractivity contribution in [3.63, 3.8) is 0 Å². The van der Waals surface area contributed by atoms with Crippen LogP contribution >= 0.6 is 0 Å². The van der Waals surface area contributed by atoms with Crippen molar-refractivity contribution < 1.29 is 24.5 Å². The average Bonchev–Trinajstić information content (AvgIpc) is 2.82. The van der Waals surface area contributed by atoms with Gasteiger partial charge in [-0.1, -0.05) is 60.7 Å². The van der Waals surface area contributed by atoms with Gasteiger partial charge in [-0.25, -0.2) is 0 Å². The highest BCUT2D eigenvalue weighted by Crippen LogP contribution is 2.35. The van der Waals surface area contributed by atoms with Gasteiger partial charge in [0.2, 0.25) is 5.78 Å². The Labute approximate surface area is 186 Å². The molecule has 32 heavy (non-hydrogen) atoms. The summed E-state index contributed by atoms with van der Waals surface area (Å²) in [5.74, 6) is -0.303. The Morgan fingerprint density at radius 2 is 1.09 bits per heavy atom. The van der Waals surface area contributed by atoms with Crippen LogP contribution in [0.15, 0.2) is 97.1 Å². The maximum Gasteiger partial charge on any atom is 0.200 e. The number of ketones is 1. The van der Waals surface area contributed by atoms with Crippen LogP contribution in [0, 0.1) is 0 Å². The number of phenols is 2. The molecular formula is C27H22O5. The Kier molecular flexibility index (Phi) is 6.37. The Hall–Kier alpha value is -4.25. The lowest BCUT2D eigenvalue weighted by atomic mass is 10.0. The molecule has 0 aliphatic rings. The molecule has 0 aliphatic heterocycles. The van der Waals surface area contributed by atoms with E-state index in [0.29, 0.717) is 17.9 Å². The fraction of sp³-hybridized carbons (Fsp3) is 0.0741. The smallest absolute Gasteiger partial charge is 0.200 e. The monoisotopic (exact) mass is 426 g/mol. The Morgan fingerprint density at radius 3 is 1.59 bits per heavy atom. The van der Waals surface area contributed by atoms with Gasteiger partial charge in [-0.3, -0.25) is 4.79 Å². The van der Waals surface area contributed by atoms with Crippen molar-refractivity contribution in [3.05, 3.63) is 119 Å². The molecule has 0 spiro atoms. The van der Waals surface area contributed by atoms with E-state index < -0.39 is 5.78 Å². The summed E-state index contributed by atoms with van der Waals surface area (Å²) in [7, 11) is 0. The first-order valence-corrected chi connectivity index (χ1v) is 10.1. The molecular weight excluding hydrogens is 404 g/mol. The highest BCUT2D eigenvalue weighted by molar-refractivity contribution is 6.12. The number of aromatic hydroxyl groups is 2. The van der Waals surface area contributed by atoms with Crippen molar-refractivity contribution in [1.82, 2.24) is 0 Å². The molecule has 5 nitrogen and oxygen atoms in total. The van der Waals surface area contributed by atoms with Crippen molar-refractivity contribution in [2.24, 2.45) is 0 Å². The summed E-state index contributed by atoms with van der Waals surface area (Å²) < 4.78 is 11.4. The van der Waals surface area contributed by atoms with Crippen LogP contribution in [-0.2, 0) is 13.2 Å². The summed E-state index contributed by atoms with van der Waals surface area (Å²) in [6.07, 6.45) is 0. The number of hydrogen-bond acceptors (Lipinski definition) is 5. The number of ether oxygens (including phenoxy) is 2. The fourth-order valence-electron chi connectivity index (χ4n) is 3.23. The number of phenolic OH excluding ortho intramolecular Hbond substituents is 2. The number of carbonyl (C=O) groups is 1. The van der Waals surface area contributed by atoms with Crippen LogP contribution in [0.3, 0.4) is 0 Å². The lowest BCUT2D eigenvalue weighted by molar-refractivity contribution is 0.103. The van der Waals surface area contributed by atoms with Crippen LogP contribution in [0.4, 0.5) is 0 Å². The first-order chi connectivity index (χ1) is 15.6. The zero-order valence-corrected chi connectivity index (χ0v) is 17.3. The summed E-state index contributed by atoms with van der Waals surface area (Å²) >= 11 is 0. The second kappa shape index (κ2) is 9.71. The second-order valence-electron chi connectivity index (χ2n) is 7.24. The molecule has 0 radical (unpaired) electrons. The van der Waals surface area contributed by atoms with Gasteiger partial charge in [0.15, 0.2) is 0 Å². The maximum atomic E-state index is 12.9. The van der Waals surface area contributed by atoms with Gasteiger partial charge in [-0.05, 0) is 35.4 Å². The van der Waals surface area contributed by atoms with E-state index in [1.807, 2.05) is 60.7 Å². The highest BCUT2D eigenvalue weighted by Gasteiger charge is 2.20. The van der Waals surface area contributed by atoms with Gasteiger partial charge in [0.25, 0.3) is 0 Å². The van der Waals surface area contributed by atoms with Crippen molar-refractivity contribution in [3.8, 4) is 23.0 Å². The molecule has 0 fully saturated rings. The molecule has 4 aromatic carbocycles. The minimum atomic E-state index is -0.496. The van der Waals surface area contributed by atoms with Gasteiger partial charge >= 0.3 is 0 Å². The molecule has 4 aromatic rings. The Morgan fingerprint density at radius 1 is 0.625 bits per heavy atom. The summed E-state index contributed by atoms with van der Waals surface area (Å²) in [5.41, 5.74) is 2.13. The summed E-state index contributed by atoms with van der Waals surface area (Å²) in [5, 5.41) is 20.8. The molecule has 0 unspecified atom stereocenters. The van der Waals surface area contributed by atoms with E-state index in [9.17, 15) is 15.0 Å². The number of hydrogen-bond donors (Lipinski definition) is 2. The predicted octanol–water partition coefficient (Wildman–Crippen LogP) is 5.49. The molecule has 4 rings (SSSR count). The van der Waals surface area contributed by atoms with E-state index in [0.717, 1.165) is 11.1 Å². The normalized spacial score (nSPS) is 10.5. The average molecular weight is 426 g/mol. The molecule has 0 bridgehead atoms. The van der Waals surface area contributed by atoms with E-state index >= 15 is 0 Å². The number of benzene rings is 4. The SMILES string of the molecule is O=C(c1ccc(OCc2ccccc2)cc1)c1c(O)cc(OCc2ccccc2)cc1O. The molecule has 0 heterocycles. The second-order valence-corrected chi connectivity index (χ2v) is 7.24. The van der Waals surface area contributed by atoms with Crippen LogP contribution in [0.2, 0.25) is 0 Å². The summed E-state index contributed by atoms with van der Waals surface area (Å²) in [6, 6.07) is 28.5. The zero-order chi connectivity index (χ0) is 22.3. The van der Waals surface area contributed by atoms with Crippen LogP contribution in [0.25, 0.3) is 0 Å². The lowest BCUT2D eigenvalue weighted by Gasteiger charge is -2.12. The first-order valence-electron chi connectivity index (χ1n) is 10.1. The van der Waals surface area contributed by atoms with Crippen LogP contribution in [0.5, 0.6) is 23.0 Å². The van der Waals surface area contributed by atoms with Crippen molar-refractivity contribution in [2.75, 3.05) is 0 Å². The van der Waals surface area contributed by atoms with Crippen molar-refractivity contribution in [1.29, 1.82) is 0 Å². The lowest BCUT2D eigenvalue weighted by Crippen LogP contribution is -2.03. The molecule has 2 N–H and O–H groups in total. The minimum Gasteiger partial charge on any atom is -0.507 e. The van der Waals surface area contributed by atoms with Gasteiger partial charge in [-0.2, -0.15) is 0 Å². The van der Waals surface area contributed by atoms with Crippen molar-refractivity contribution in [2.45, 2.75) is 13.2 Å². The van der Waals surface area contributed by atoms with E-state index in [1.54, 1.807) is 24.3 Å². The zero-order valence-electron chi connectivity index (χ0n) is 17.3. The molecule has 0 amide bonds. The standard InChI is InChI=1S/C27H22O5/c28-24-15-23(32-18-20-9-5-2-6-10-20)16-25(29)26(24)27(30)21-11-13-22(14-12-21)31-17-19-7-3-1-4-8-19/h1-16,28-29H,17-18H2. The number of rotatable bonds is 8. The molecule has 5 heteroatoms. The van der Waals surface area contributed by atoms with E-state index in [2.05, 4.69) is 0 Å². The third-order valence-electron chi connectivity index (χ3n) is 4.91. The maximum absolute atomic E-state index is 12.9. The molecule has 0 saturated heterocycles. The first kappa shape index (κ1) is 21.0. The van der Waals surface area contributed by atoms with E-state index in [4.69, 9.17) is 9.47 Å². The fourth-order valence-corrected chi connectivity index (χ4v) is 3.23.